The summed E-state index contributed by atoms with van der Waals surface area (Å²) in [6.45, 7) is 0.592. The maximum absolute atomic E-state index is 13.3. The van der Waals surface area contributed by atoms with Crippen molar-refractivity contribution in [3.63, 3.8) is 0 Å². The lowest BCUT2D eigenvalue weighted by Crippen LogP contribution is -2.39. The highest BCUT2D eigenvalue weighted by Gasteiger charge is 2.94. The van der Waals surface area contributed by atoms with Gasteiger partial charge in [0.25, 0.3) is 0 Å². The first-order valence-electron chi connectivity index (χ1n) is 14.7. The number of fused-ring (bicyclic) bond motifs is 4. The van der Waals surface area contributed by atoms with Crippen LogP contribution in [0.3, 0.4) is 0 Å². The highest BCUT2D eigenvalue weighted by Crippen LogP contribution is 2.78. The number of alkyl carbamates (subject to hydrolysis) is 1. The Kier molecular flexibility index (Phi) is 6.18. The number of benzene rings is 3. The van der Waals surface area contributed by atoms with Gasteiger partial charge in [0.05, 0.1) is 22.7 Å². The minimum Gasteiger partial charge on any atom is -0.449 e. The molecular formula is C33H23F6N5O3. The van der Waals surface area contributed by atoms with E-state index in [0.29, 0.717) is 18.7 Å². The number of amides is 2. The first-order valence-corrected chi connectivity index (χ1v) is 14.7. The lowest BCUT2D eigenvalue weighted by atomic mass is 9.98. The fourth-order valence-electron chi connectivity index (χ4n) is 7.38. The molecule has 14 heteroatoms. The zero-order valence-electron chi connectivity index (χ0n) is 24.1. The number of nitrogens with zero attached hydrogens (tertiary/aromatic N) is 4. The Bertz CT molecular complexity index is 1900. The maximum atomic E-state index is 13.3. The first-order chi connectivity index (χ1) is 22.4. The zero-order valence-corrected chi connectivity index (χ0v) is 24.1. The second-order valence-corrected chi connectivity index (χ2v) is 12.1. The molecule has 240 valence electrons. The number of nitrogens with one attached hydrogen (secondary N) is 1. The maximum Gasteiger partial charge on any atom is 0.416 e. The van der Waals surface area contributed by atoms with Gasteiger partial charge < -0.3 is 15.0 Å². The minimum atomic E-state index is -5.01. The molecule has 0 spiro atoms. The monoisotopic (exact) mass is 651 g/mol. The van der Waals surface area contributed by atoms with Gasteiger partial charge in [0.2, 0.25) is 5.91 Å². The van der Waals surface area contributed by atoms with Crippen LogP contribution in [0.1, 0.15) is 28.2 Å². The highest BCUT2D eigenvalue weighted by atomic mass is 19.4. The van der Waals surface area contributed by atoms with Crippen LogP contribution in [-0.4, -0.2) is 56.4 Å². The van der Waals surface area contributed by atoms with Crippen molar-refractivity contribution >= 4 is 18.2 Å². The van der Waals surface area contributed by atoms with Crippen molar-refractivity contribution in [2.45, 2.75) is 29.9 Å². The fraction of sp³-hybridized carbons (Fsp3) is 0.273. The van der Waals surface area contributed by atoms with Crippen LogP contribution in [-0.2, 0) is 21.9 Å². The van der Waals surface area contributed by atoms with E-state index in [-0.39, 0.29) is 48.2 Å². The third-order valence-corrected chi connectivity index (χ3v) is 9.61. The molecule has 2 bridgehead atoms. The van der Waals surface area contributed by atoms with Crippen LogP contribution in [0.15, 0.2) is 79.1 Å². The van der Waals surface area contributed by atoms with Crippen molar-refractivity contribution in [1.29, 1.82) is 0 Å². The summed E-state index contributed by atoms with van der Waals surface area (Å²) in [5, 5.41) is 6.92. The quantitative estimate of drug-likeness (QED) is 0.198. The molecule has 0 radical (unpaired) electrons. The van der Waals surface area contributed by atoms with Crippen LogP contribution in [0.5, 0.6) is 0 Å². The predicted octanol–water partition coefficient (Wildman–Crippen LogP) is 6.20. The number of rotatable bonds is 6. The molecule has 2 saturated carbocycles. The number of carbonyl (C=O) groups is 2. The topological polar surface area (TPSA) is 89.4 Å². The van der Waals surface area contributed by atoms with E-state index in [9.17, 15) is 35.9 Å². The molecule has 2 amide bonds. The standard InChI is InChI=1S/C33H23F6N5O3/c34-32(35,36)18-11-17(12-19(13-18)33(37,38)39)29-40-16-43(42-29)10-9-26(45)44-14-25-27-28(44)31(25,27)41-30(46)47-15-24-22-7-3-1-5-20(22)21-6-2-4-8-23(21)24/h1-13,16,24-25,27-28H,14-15H2,(H,41,46)/b10-9-. The molecule has 3 heterocycles. The van der Waals surface area contributed by atoms with Gasteiger partial charge in [-0.25, -0.2) is 14.5 Å². The van der Waals surface area contributed by atoms with Crippen LogP contribution in [0, 0.1) is 11.8 Å². The third kappa shape index (κ3) is 4.68. The first kappa shape index (κ1) is 29.3. The normalized spacial score (nSPS) is 23.8. The average Bonchev–Trinajstić information content (AvgIpc) is 3.48. The Labute approximate surface area is 262 Å². The second-order valence-electron chi connectivity index (χ2n) is 12.1. The lowest BCUT2D eigenvalue weighted by Gasteiger charge is -2.17. The number of halogens is 6. The third-order valence-electron chi connectivity index (χ3n) is 9.61. The molecule has 5 aliphatic rings. The van der Waals surface area contributed by atoms with Gasteiger partial charge in [0.1, 0.15) is 12.9 Å². The van der Waals surface area contributed by atoms with Gasteiger partial charge in [-0.05, 0) is 40.5 Å². The molecule has 8 nitrogen and oxygen atoms in total. The van der Waals surface area contributed by atoms with Crippen molar-refractivity contribution in [2.75, 3.05) is 13.2 Å². The van der Waals surface area contributed by atoms with E-state index in [2.05, 4.69) is 27.5 Å². The number of hydrogen-bond donors (Lipinski definition) is 1. The van der Waals surface area contributed by atoms with E-state index >= 15 is 0 Å². The van der Waals surface area contributed by atoms with Crippen LogP contribution < -0.4 is 5.32 Å². The number of ether oxygens (including phenoxy) is 1. The number of carbonyl (C=O) groups excluding carboxylic acids is 2. The predicted molar refractivity (Wildman–Crippen MR) is 154 cm³/mol. The molecule has 47 heavy (non-hydrogen) atoms. The van der Waals surface area contributed by atoms with Gasteiger partial charge in [-0.3, -0.25) is 4.79 Å². The molecule has 4 atom stereocenters. The van der Waals surface area contributed by atoms with E-state index < -0.39 is 40.7 Å². The van der Waals surface area contributed by atoms with Crippen molar-refractivity contribution in [3.05, 3.63) is 101 Å². The van der Waals surface area contributed by atoms with Crippen LogP contribution >= 0.6 is 0 Å². The molecule has 1 aromatic heterocycles. The van der Waals surface area contributed by atoms with E-state index in [4.69, 9.17) is 4.74 Å². The molecule has 2 aliphatic heterocycles. The Morgan fingerprint density at radius 3 is 2.15 bits per heavy atom. The molecule has 4 aromatic rings. The molecule has 3 aliphatic carbocycles. The summed E-state index contributed by atoms with van der Waals surface area (Å²) < 4.78 is 86.2. The summed E-state index contributed by atoms with van der Waals surface area (Å²) in [5.41, 5.74) is 0.463. The van der Waals surface area contributed by atoms with E-state index in [0.717, 1.165) is 33.3 Å². The van der Waals surface area contributed by atoms with Crippen molar-refractivity contribution in [1.82, 2.24) is 25.0 Å². The van der Waals surface area contributed by atoms with Crippen molar-refractivity contribution < 1.29 is 40.7 Å². The molecule has 3 aromatic carbocycles. The Balaban J connectivity index is 0.897. The number of piperidine rings is 1. The number of alkyl halides is 6. The number of aromatic nitrogens is 3. The van der Waals surface area contributed by atoms with Crippen molar-refractivity contribution in [3.8, 4) is 22.5 Å². The Morgan fingerprint density at radius 1 is 0.936 bits per heavy atom. The summed E-state index contributed by atoms with van der Waals surface area (Å²) >= 11 is 0. The van der Waals surface area contributed by atoms with Crippen LogP contribution in [0.2, 0.25) is 0 Å². The van der Waals surface area contributed by atoms with Gasteiger partial charge in [0, 0.05) is 42.1 Å². The molecule has 1 N–H and O–H groups in total. The summed E-state index contributed by atoms with van der Waals surface area (Å²) in [6, 6.07) is 16.9. The smallest absolute Gasteiger partial charge is 0.416 e. The van der Waals surface area contributed by atoms with E-state index in [1.807, 2.05) is 36.4 Å². The van der Waals surface area contributed by atoms with Gasteiger partial charge in [-0.1, -0.05) is 48.5 Å². The summed E-state index contributed by atoms with van der Waals surface area (Å²) in [7, 11) is 0. The Morgan fingerprint density at radius 2 is 1.55 bits per heavy atom. The van der Waals surface area contributed by atoms with Gasteiger partial charge in [-0.15, -0.1) is 5.10 Å². The van der Waals surface area contributed by atoms with Crippen LogP contribution in [0.4, 0.5) is 31.1 Å². The molecule has 4 unspecified atom stereocenters. The zero-order chi connectivity index (χ0) is 32.9. The summed E-state index contributed by atoms with van der Waals surface area (Å²) in [4.78, 5) is 31.3. The molecule has 9 rings (SSSR count). The summed E-state index contributed by atoms with van der Waals surface area (Å²) in [5.74, 6) is -0.615. The largest absolute Gasteiger partial charge is 0.449 e. The van der Waals surface area contributed by atoms with Gasteiger partial charge >= 0.3 is 18.4 Å². The molecule has 4 fully saturated rings. The van der Waals surface area contributed by atoms with E-state index in [1.165, 1.54) is 12.3 Å². The van der Waals surface area contributed by atoms with Gasteiger partial charge in [0.15, 0.2) is 5.82 Å². The van der Waals surface area contributed by atoms with E-state index in [1.54, 1.807) is 4.90 Å². The second kappa shape index (κ2) is 9.93. The van der Waals surface area contributed by atoms with Crippen LogP contribution in [0.25, 0.3) is 28.7 Å². The molecule has 2 saturated heterocycles. The summed E-state index contributed by atoms with van der Waals surface area (Å²) in [6.07, 6.45) is -7.10. The highest BCUT2D eigenvalue weighted by molar-refractivity contribution is 5.93. The van der Waals surface area contributed by atoms with Gasteiger partial charge in [-0.2, -0.15) is 26.3 Å². The van der Waals surface area contributed by atoms with Crippen molar-refractivity contribution in [2.24, 2.45) is 11.8 Å². The SMILES string of the molecule is O=C(NC12C3CN(C(=O)/C=C\n4cnc(-c5cc(C(F)(F)F)cc(C(F)(F)F)c5)n4)C1C32)OCC1c2ccccc2-c2ccccc21. The minimum absolute atomic E-state index is 0.0252. The average molecular weight is 652 g/mol. The molecular weight excluding hydrogens is 628 g/mol. The Hall–Kier alpha value is -5.14. The number of hydrogen-bond acceptors (Lipinski definition) is 5. The fourth-order valence-corrected chi connectivity index (χ4v) is 7.38. The lowest BCUT2D eigenvalue weighted by molar-refractivity contribution is -0.143.